The normalized spacial score (nSPS) is 13.3. The summed E-state index contributed by atoms with van der Waals surface area (Å²) in [7, 11) is 0. The predicted molar refractivity (Wildman–Crippen MR) is 92.5 cm³/mol. The van der Waals surface area contributed by atoms with Gasteiger partial charge in [-0.05, 0) is 31.2 Å². The van der Waals surface area contributed by atoms with Gasteiger partial charge in [-0.15, -0.1) is 0 Å². The van der Waals surface area contributed by atoms with Crippen LogP contribution in [0.4, 0.5) is 18.9 Å². The number of carbonyl (C=O) groups is 2. The summed E-state index contributed by atoms with van der Waals surface area (Å²) in [5.74, 6) is -2.78. The van der Waals surface area contributed by atoms with E-state index in [0.29, 0.717) is 0 Å². The summed E-state index contributed by atoms with van der Waals surface area (Å²) in [5, 5.41) is 1.73. The molecule has 3 N–H and O–H groups in total. The molecule has 0 heterocycles. The van der Waals surface area contributed by atoms with E-state index in [1.165, 1.54) is 43.3 Å². The number of para-hydroxylation sites is 1. The molecule has 0 aromatic heterocycles. The summed E-state index contributed by atoms with van der Waals surface area (Å²) >= 11 is 0. The smallest absolute Gasteiger partial charge is 0.438 e. The van der Waals surface area contributed by atoms with Gasteiger partial charge < -0.3 is 15.5 Å². The molecule has 2 rings (SSSR count). The molecule has 2 aromatic carbocycles. The Labute approximate surface area is 153 Å². The first-order valence-corrected chi connectivity index (χ1v) is 8.00. The first-order valence-electron chi connectivity index (χ1n) is 8.00. The number of rotatable bonds is 7. The van der Waals surface area contributed by atoms with Crippen molar-refractivity contribution in [1.29, 1.82) is 0 Å². The summed E-state index contributed by atoms with van der Waals surface area (Å²) in [4.78, 5) is 24.6. The highest BCUT2D eigenvalue weighted by Gasteiger charge is 2.63. The van der Waals surface area contributed by atoms with Crippen molar-refractivity contribution in [2.75, 3.05) is 12.0 Å². The average molecular weight is 381 g/mol. The van der Waals surface area contributed by atoms with E-state index in [9.17, 15) is 22.8 Å². The minimum Gasteiger partial charge on any atom is -0.463 e. The molecule has 0 aliphatic rings. The predicted octanol–water partition coefficient (Wildman–Crippen LogP) is 2.85. The molecular formula is C18H18F3N3O3. The van der Waals surface area contributed by atoms with Crippen LogP contribution in [0.5, 0.6) is 0 Å². The Morgan fingerprint density at radius 3 is 2.04 bits per heavy atom. The molecule has 1 amide bonds. The lowest BCUT2D eigenvalue weighted by molar-refractivity contribution is -0.217. The lowest BCUT2D eigenvalue weighted by Gasteiger charge is -2.35. The first-order chi connectivity index (χ1) is 12.8. The van der Waals surface area contributed by atoms with Gasteiger partial charge in [-0.2, -0.15) is 18.6 Å². The molecule has 0 aliphatic carbocycles. The molecule has 9 heteroatoms. The van der Waals surface area contributed by atoms with E-state index < -0.39 is 23.7 Å². The number of carbonyl (C=O) groups excluding carboxylic acids is 2. The number of hydrogen-bond acceptors (Lipinski definition) is 5. The molecule has 27 heavy (non-hydrogen) atoms. The van der Waals surface area contributed by atoms with Crippen LogP contribution >= 0.6 is 0 Å². The molecular weight excluding hydrogens is 363 g/mol. The third-order valence-electron chi connectivity index (χ3n) is 3.51. The van der Waals surface area contributed by atoms with Crippen LogP contribution in [0, 0.1) is 0 Å². The third-order valence-corrected chi connectivity index (χ3v) is 3.51. The number of benzene rings is 2. The van der Waals surface area contributed by atoms with E-state index in [-0.39, 0.29) is 17.9 Å². The van der Waals surface area contributed by atoms with E-state index in [2.05, 4.69) is 10.2 Å². The fourth-order valence-corrected chi connectivity index (χ4v) is 2.15. The van der Waals surface area contributed by atoms with Crippen molar-refractivity contribution in [2.45, 2.75) is 18.8 Å². The summed E-state index contributed by atoms with van der Waals surface area (Å²) in [6, 6.07) is 15.1. The number of alkyl halides is 3. The molecule has 2 aromatic rings. The molecule has 6 nitrogen and oxygen atoms in total. The van der Waals surface area contributed by atoms with Gasteiger partial charge in [0, 0.05) is 11.3 Å². The molecule has 0 spiro atoms. The van der Waals surface area contributed by atoms with Crippen molar-refractivity contribution >= 4 is 17.6 Å². The molecule has 144 valence electrons. The van der Waals surface area contributed by atoms with Gasteiger partial charge in [0.05, 0.1) is 6.61 Å². The zero-order valence-corrected chi connectivity index (χ0v) is 14.3. The van der Waals surface area contributed by atoms with Crippen molar-refractivity contribution in [2.24, 2.45) is 0 Å². The molecule has 0 bridgehead atoms. The van der Waals surface area contributed by atoms with E-state index >= 15 is 0 Å². The highest BCUT2D eigenvalue weighted by molar-refractivity contribution is 5.98. The summed E-state index contributed by atoms with van der Waals surface area (Å²) in [6.07, 6.45) is -5.20. The van der Waals surface area contributed by atoms with Crippen molar-refractivity contribution < 1.29 is 27.5 Å². The summed E-state index contributed by atoms with van der Waals surface area (Å²) in [5.41, 5.74) is 0.911. The maximum atomic E-state index is 13.9. The summed E-state index contributed by atoms with van der Waals surface area (Å²) in [6.45, 7) is 1.06. The SMILES string of the molecule is CCOC(=O)[C@](NNc1ccccc1)(NC(=O)c1ccccc1)C(F)(F)F. The Hall–Kier alpha value is -3.07. The molecule has 0 unspecified atom stereocenters. The van der Waals surface area contributed by atoms with E-state index in [1.807, 2.05) is 5.43 Å². The second-order valence-corrected chi connectivity index (χ2v) is 5.40. The van der Waals surface area contributed by atoms with E-state index in [4.69, 9.17) is 0 Å². The summed E-state index contributed by atoms with van der Waals surface area (Å²) < 4.78 is 46.3. The average Bonchev–Trinajstić information content (AvgIpc) is 2.65. The highest BCUT2D eigenvalue weighted by Crippen LogP contribution is 2.30. The fourth-order valence-electron chi connectivity index (χ4n) is 2.15. The fraction of sp³-hybridized carbons (Fsp3) is 0.222. The van der Waals surface area contributed by atoms with Crippen LogP contribution in [0.15, 0.2) is 60.7 Å². The zero-order valence-electron chi connectivity index (χ0n) is 14.3. The largest absolute Gasteiger partial charge is 0.463 e. The van der Waals surface area contributed by atoms with Crippen LogP contribution < -0.4 is 16.2 Å². The maximum absolute atomic E-state index is 13.9. The number of ether oxygens (including phenoxy) is 1. The molecule has 0 saturated carbocycles. The maximum Gasteiger partial charge on any atom is 0.438 e. The van der Waals surface area contributed by atoms with Crippen molar-refractivity contribution in [3.8, 4) is 0 Å². The first kappa shape index (κ1) is 20.2. The van der Waals surface area contributed by atoms with Gasteiger partial charge in [-0.1, -0.05) is 36.4 Å². The minimum absolute atomic E-state index is 0.0445. The second-order valence-electron chi connectivity index (χ2n) is 5.40. The van der Waals surface area contributed by atoms with Gasteiger partial charge in [-0.3, -0.25) is 4.79 Å². The van der Waals surface area contributed by atoms with Crippen molar-refractivity contribution in [3.63, 3.8) is 0 Å². The Morgan fingerprint density at radius 1 is 0.963 bits per heavy atom. The standard InChI is InChI=1S/C18H18F3N3O3/c1-2-27-16(26)17(18(19,20)21,24-23-14-11-7-4-8-12-14)22-15(25)13-9-5-3-6-10-13/h3-12,23-24H,2H2,1H3,(H,22,25)/t17-/m1/s1. The van der Waals surface area contributed by atoms with Crippen LogP contribution in [-0.4, -0.2) is 30.3 Å². The quantitative estimate of drug-likeness (QED) is 0.391. The third kappa shape index (κ3) is 4.76. The lowest BCUT2D eigenvalue weighted by atomic mass is 10.1. The molecule has 0 saturated heterocycles. The number of esters is 1. The molecule has 1 atom stereocenters. The number of nitrogens with one attached hydrogen (secondary N) is 3. The Bertz CT molecular complexity index is 770. The molecule has 0 radical (unpaired) electrons. The van der Waals surface area contributed by atoms with Crippen LogP contribution in [0.25, 0.3) is 0 Å². The number of amides is 1. The van der Waals surface area contributed by atoms with Gasteiger partial charge >= 0.3 is 17.8 Å². The van der Waals surface area contributed by atoms with Crippen molar-refractivity contribution in [3.05, 3.63) is 66.2 Å². The van der Waals surface area contributed by atoms with Crippen LogP contribution in [0.1, 0.15) is 17.3 Å². The van der Waals surface area contributed by atoms with Crippen LogP contribution in [0.3, 0.4) is 0 Å². The van der Waals surface area contributed by atoms with E-state index in [0.717, 1.165) is 0 Å². The number of hydrazine groups is 1. The monoisotopic (exact) mass is 381 g/mol. The van der Waals surface area contributed by atoms with Gasteiger partial charge in [0.2, 0.25) is 0 Å². The Morgan fingerprint density at radius 2 is 1.52 bits per heavy atom. The Kier molecular flexibility index (Phi) is 6.40. The minimum atomic E-state index is -5.20. The molecule has 0 fully saturated rings. The molecule has 0 aliphatic heterocycles. The van der Waals surface area contributed by atoms with Gasteiger partial charge in [-0.25, -0.2) is 4.79 Å². The zero-order chi connectivity index (χ0) is 19.9. The van der Waals surface area contributed by atoms with Gasteiger partial charge in [0.15, 0.2) is 0 Å². The number of hydrogen-bond donors (Lipinski definition) is 3. The van der Waals surface area contributed by atoms with Crippen LogP contribution in [0.2, 0.25) is 0 Å². The Balaban J connectivity index is 2.37. The second kappa shape index (κ2) is 8.54. The number of anilines is 1. The lowest BCUT2D eigenvalue weighted by Crippen LogP contribution is -2.73. The van der Waals surface area contributed by atoms with Crippen LogP contribution in [-0.2, 0) is 9.53 Å². The van der Waals surface area contributed by atoms with Gasteiger partial charge in [0.25, 0.3) is 5.91 Å². The van der Waals surface area contributed by atoms with E-state index in [1.54, 1.807) is 29.6 Å². The topological polar surface area (TPSA) is 79.5 Å². The highest BCUT2D eigenvalue weighted by atomic mass is 19.4. The number of halogens is 3. The van der Waals surface area contributed by atoms with Gasteiger partial charge in [0.1, 0.15) is 0 Å². The van der Waals surface area contributed by atoms with Crippen molar-refractivity contribution in [1.82, 2.24) is 10.7 Å².